The van der Waals surface area contributed by atoms with Gasteiger partial charge in [-0.25, -0.2) is 8.91 Å². The van der Waals surface area contributed by atoms with E-state index in [1.54, 1.807) is 25.1 Å². The van der Waals surface area contributed by atoms with Crippen molar-refractivity contribution in [2.24, 2.45) is 0 Å². The van der Waals surface area contributed by atoms with Gasteiger partial charge in [0.05, 0.1) is 16.8 Å². The molecule has 0 bridgehead atoms. The fourth-order valence-corrected chi connectivity index (χ4v) is 3.64. The molecule has 0 saturated carbocycles. The van der Waals surface area contributed by atoms with Crippen LogP contribution in [0.1, 0.15) is 11.3 Å². The van der Waals surface area contributed by atoms with E-state index in [4.69, 9.17) is 0 Å². The summed E-state index contributed by atoms with van der Waals surface area (Å²) in [6.07, 6.45) is -3.17. The molecule has 0 radical (unpaired) electrons. The van der Waals surface area contributed by atoms with Crippen LogP contribution in [0.15, 0.2) is 65.6 Å². The highest BCUT2D eigenvalue weighted by Crippen LogP contribution is 2.31. The zero-order valence-corrected chi connectivity index (χ0v) is 16.4. The molecule has 2 aromatic carbocycles. The van der Waals surface area contributed by atoms with Crippen LogP contribution in [0.25, 0.3) is 33.5 Å². The maximum Gasteiger partial charge on any atom is 0.416 e. The van der Waals surface area contributed by atoms with E-state index < -0.39 is 17.3 Å². The summed E-state index contributed by atoms with van der Waals surface area (Å²) in [6.45, 7) is 1.75. The van der Waals surface area contributed by atoms with Gasteiger partial charge in [-0.3, -0.25) is 9.36 Å². The van der Waals surface area contributed by atoms with Gasteiger partial charge in [0.25, 0.3) is 5.56 Å². The summed E-state index contributed by atoms with van der Waals surface area (Å²) in [5.41, 5.74) is 1.15. The van der Waals surface area contributed by atoms with Crippen LogP contribution in [0.4, 0.5) is 17.6 Å². The molecule has 10 heteroatoms. The fraction of sp³-hybridized carbons (Fsp3) is 0.0909. The zero-order chi connectivity index (χ0) is 22.6. The molecule has 0 fully saturated rings. The van der Waals surface area contributed by atoms with Crippen LogP contribution >= 0.6 is 0 Å². The molecule has 0 saturated heterocycles. The van der Waals surface area contributed by atoms with E-state index in [1.807, 2.05) is 0 Å². The molecule has 3 heterocycles. The van der Waals surface area contributed by atoms with E-state index in [2.05, 4.69) is 15.3 Å². The second-order valence-electron chi connectivity index (χ2n) is 7.18. The van der Waals surface area contributed by atoms with E-state index >= 15 is 0 Å². The minimum Gasteiger partial charge on any atom is -0.282 e. The average molecular weight is 439 g/mol. The Labute approximate surface area is 177 Å². The molecule has 5 rings (SSSR count). The largest absolute Gasteiger partial charge is 0.416 e. The summed E-state index contributed by atoms with van der Waals surface area (Å²) < 4.78 is 55.1. The number of alkyl halides is 3. The number of aromatic nitrogens is 5. The quantitative estimate of drug-likeness (QED) is 0.378. The smallest absolute Gasteiger partial charge is 0.282 e. The first-order chi connectivity index (χ1) is 15.2. The highest BCUT2D eigenvalue weighted by Gasteiger charge is 2.30. The molecule has 0 atom stereocenters. The molecule has 0 aliphatic carbocycles. The number of rotatable bonds is 2. The molecular formula is C22H13F4N5O. The van der Waals surface area contributed by atoms with E-state index in [0.29, 0.717) is 28.0 Å². The topological polar surface area (TPSA) is 65.1 Å². The van der Waals surface area contributed by atoms with Crippen molar-refractivity contribution in [3.63, 3.8) is 0 Å². The average Bonchev–Trinajstić information content (AvgIpc) is 3.10. The molecule has 6 nitrogen and oxygen atoms in total. The van der Waals surface area contributed by atoms with Crippen molar-refractivity contribution in [2.75, 3.05) is 0 Å². The standard InChI is InChI=1S/C22H13F4N5O/c1-12-18(13-5-7-15(23)8-6-13)20-28-27-19-17(31(20)29-12)9-10-30(21(19)32)16-4-2-3-14(11-16)22(24,25)26/h2-11H,1H3. The normalized spacial score (nSPS) is 12.0. The lowest BCUT2D eigenvalue weighted by atomic mass is 10.1. The van der Waals surface area contributed by atoms with Crippen molar-refractivity contribution in [1.29, 1.82) is 0 Å². The van der Waals surface area contributed by atoms with Gasteiger partial charge < -0.3 is 0 Å². The third-order valence-corrected chi connectivity index (χ3v) is 5.14. The predicted octanol–water partition coefficient (Wildman–Crippen LogP) is 4.56. The van der Waals surface area contributed by atoms with Gasteiger partial charge in [0.2, 0.25) is 0 Å². The van der Waals surface area contributed by atoms with Crippen LogP contribution in [0.2, 0.25) is 0 Å². The minimum atomic E-state index is -4.54. The number of pyridine rings is 1. The van der Waals surface area contributed by atoms with E-state index in [9.17, 15) is 22.4 Å². The Bertz CT molecular complexity index is 1550. The number of fused-ring (bicyclic) bond motifs is 3. The van der Waals surface area contributed by atoms with Crippen molar-refractivity contribution in [3.8, 4) is 16.8 Å². The lowest BCUT2D eigenvalue weighted by molar-refractivity contribution is -0.137. The molecule has 32 heavy (non-hydrogen) atoms. The molecule has 0 aliphatic rings. The molecule has 5 aromatic rings. The number of hydrogen-bond donors (Lipinski definition) is 0. The van der Waals surface area contributed by atoms with Crippen molar-refractivity contribution < 1.29 is 17.6 Å². The predicted molar refractivity (Wildman–Crippen MR) is 109 cm³/mol. The molecular weight excluding hydrogens is 426 g/mol. The van der Waals surface area contributed by atoms with Crippen LogP contribution in [0.3, 0.4) is 0 Å². The summed E-state index contributed by atoms with van der Waals surface area (Å²) >= 11 is 0. The second-order valence-corrected chi connectivity index (χ2v) is 7.18. The summed E-state index contributed by atoms with van der Waals surface area (Å²) in [7, 11) is 0. The number of halogens is 4. The van der Waals surface area contributed by atoms with Crippen LogP contribution < -0.4 is 5.56 Å². The Kier molecular flexibility index (Phi) is 4.33. The summed E-state index contributed by atoms with van der Waals surface area (Å²) in [5, 5.41) is 12.6. The van der Waals surface area contributed by atoms with Crippen molar-refractivity contribution in [2.45, 2.75) is 13.1 Å². The lowest BCUT2D eigenvalue weighted by Gasteiger charge is -2.11. The first kappa shape index (κ1) is 19.9. The third-order valence-electron chi connectivity index (χ3n) is 5.14. The molecule has 3 aromatic heterocycles. The van der Waals surface area contributed by atoms with Gasteiger partial charge in [0.1, 0.15) is 11.3 Å². The van der Waals surface area contributed by atoms with Crippen LogP contribution in [0.5, 0.6) is 0 Å². The van der Waals surface area contributed by atoms with Gasteiger partial charge in [-0.1, -0.05) is 18.2 Å². The Morgan fingerprint density at radius 3 is 2.44 bits per heavy atom. The van der Waals surface area contributed by atoms with Gasteiger partial charge in [-0.05, 0) is 48.9 Å². The minimum absolute atomic E-state index is 0.0504. The molecule has 0 amide bonds. The van der Waals surface area contributed by atoms with Crippen molar-refractivity contribution >= 4 is 16.7 Å². The number of benzene rings is 2. The van der Waals surface area contributed by atoms with E-state index in [-0.39, 0.29) is 17.0 Å². The number of aryl methyl sites for hydroxylation is 1. The van der Waals surface area contributed by atoms with Gasteiger partial charge >= 0.3 is 6.18 Å². The van der Waals surface area contributed by atoms with Gasteiger partial charge in [-0.2, -0.15) is 18.3 Å². The molecule has 0 spiro atoms. The summed E-state index contributed by atoms with van der Waals surface area (Å²) in [4.78, 5) is 13.0. The van der Waals surface area contributed by atoms with Crippen molar-refractivity contribution in [3.05, 3.63) is 88.2 Å². The van der Waals surface area contributed by atoms with Gasteiger partial charge in [-0.15, -0.1) is 10.2 Å². The van der Waals surface area contributed by atoms with Gasteiger partial charge in [0.15, 0.2) is 11.2 Å². The highest BCUT2D eigenvalue weighted by molar-refractivity contribution is 5.84. The van der Waals surface area contributed by atoms with Crippen LogP contribution in [-0.2, 0) is 6.18 Å². The lowest BCUT2D eigenvalue weighted by Crippen LogP contribution is -2.20. The van der Waals surface area contributed by atoms with Crippen LogP contribution in [0, 0.1) is 12.7 Å². The number of nitrogens with zero attached hydrogens (tertiary/aromatic N) is 5. The molecule has 0 unspecified atom stereocenters. The SMILES string of the molecule is Cc1nn2c(nnc3c(=O)n(-c4cccc(C(F)(F)F)c4)ccc32)c1-c1ccc(F)cc1. The fourth-order valence-electron chi connectivity index (χ4n) is 3.64. The van der Waals surface area contributed by atoms with Crippen molar-refractivity contribution in [1.82, 2.24) is 24.4 Å². The Hall–Kier alpha value is -4.08. The first-order valence-electron chi connectivity index (χ1n) is 9.45. The van der Waals surface area contributed by atoms with E-state index in [1.165, 1.54) is 35.0 Å². The first-order valence-corrected chi connectivity index (χ1v) is 9.45. The molecule has 0 aliphatic heterocycles. The Morgan fingerprint density at radius 2 is 1.72 bits per heavy atom. The van der Waals surface area contributed by atoms with Crippen LogP contribution in [-0.4, -0.2) is 24.4 Å². The highest BCUT2D eigenvalue weighted by atomic mass is 19.4. The zero-order valence-electron chi connectivity index (χ0n) is 16.4. The Morgan fingerprint density at radius 1 is 0.969 bits per heavy atom. The molecule has 0 N–H and O–H groups in total. The van der Waals surface area contributed by atoms with Gasteiger partial charge in [0, 0.05) is 11.9 Å². The maximum atomic E-state index is 13.3. The third kappa shape index (κ3) is 3.11. The maximum absolute atomic E-state index is 13.3. The van der Waals surface area contributed by atoms with E-state index in [0.717, 1.165) is 16.7 Å². The Balaban J connectivity index is 1.71. The summed E-state index contributed by atoms with van der Waals surface area (Å²) in [6, 6.07) is 11.8. The second kappa shape index (κ2) is 6.98. The monoisotopic (exact) mass is 439 g/mol. The molecule has 160 valence electrons. The number of hydrogen-bond acceptors (Lipinski definition) is 4. The summed E-state index contributed by atoms with van der Waals surface area (Å²) in [5.74, 6) is -0.380.